The average Bonchev–Trinajstić information content (AvgIpc) is 3.94. The molecule has 4 atom stereocenters. The van der Waals surface area contributed by atoms with Gasteiger partial charge in [-0.05, 0) is 61.4 Å². The van der Waals surface area contributed by atoms with Crippen LogP contribution in [0.25, 0.3) is 11.1 Å². The summed E-state index contributed by atoms with van der Waals surface area (Å²) in [4.78, 5) is 12.7. The Morgan fingerprint density at radius 3 is 1.66 bits per heavy atom. The number of benzene rings is 3. The molecule has 0 bridgehead atoms. The molecule has 2 aliphatic heterocycles. The van der Waals surface area contributed by atoms with Gasteiger partial charge in [0.25, 0.3) is 0 Å². The first-order chi connectivity index (χ1) is 21.2. The van der Waals surface area contributed by atoms with Crippen LogP contribution in [0.1, 0.15) is 63.7 Å². The molecule has 0 aliphatic carbocycles. The summed E-state index contributed by atoms with van der Waals surface area (Å²) in [6, 6.07) is 18.8. The number of epoxide rings is 2. The number of rotatable bonds is 17. The molecule has 0 aromatic heterocycles. The number of hydrogen-bond acceptors (Lipinski definition) is 8. The molecule has 3 aromatic rings. The fraction of sp³-hybridized carbons (Fsp3) is 0.457. The van der Waals surface area contributed by atoms with Crippen molar-refractivity contribution in [2.75, 3.05) is 26.4 Å². The molecule has 3 aromatic carbocycles. The van der Waals surface area contributed by atoms with E-state index in [-0.39, 0.29) is 28.8 Å². The Kier molecular flexibility index (Phi) is 10.2. The van der Waals surface area contributed by atoms with E-state index in [2.05, 4.69) is 6.92 Å². The van der Waals surface area contributed by atoms with Crippen molar-refractivity contribution in [3.8, 4) is 28.4 Å². The Morgan fingerprint density at radius 1 is 0.750 bits per heavy atom. The molecule has 8 nitrogen and oxygen atoms in total. The van der Waals surface area contributed by atoms with Crippen molar-refractivity contribution in [2.45, 2.75) is 77.2 Å². The summed E-state index contributed by atoms with van der Waals surface area (Å²) in [5.74, 6) is -0.238. The molecule has 0 N–H and O–H groups in total. The average molecular weight is 609 g/mol. The highest BCUT2D eigenvalue weighted by Gasteiger charge is 2.41. The number of carbonyl (C=O) groups excluding carboxylic acids is 1. The lowest BCUT2D eigenvalue weighted by molar-refractivity contribution is -0.0979. The minimum absolute atomic E-state index is 0.187. The van der Waals surface area contributed by atoms with Gasteiger partial charge in [-0.25, -0.2) is 9.18 Å². The van der Waals surface area contributed by atoms with E-state index in [1.807, 2.05) is 57.2 Å². The minimum atomic E-state index is -0.797. The van der Waals surface area contributed by atoms with Crippen molar-refractivity contribution < 1.29 is 42.3 Å². The molecular weight excluding hydrogens is 567 g/mol. The van der Waals surface area contributed by atoms with Gasteiger partial charge in [-0.2, -0.15) is 0 Å². The Bertz CT molecular complexity index is 1380. The van der Waals surface area contributed by atoms with Gasteiger partial charge in [0.1, 0.15) is 34.3 Å². The largest absolute Gasteiger partial charge is 0.465 e. The first-order valence-electron chi connectivity index (χ1n) is 15.2. The van der Waals surface area contributed by atoms with Crippen LogP contribution >= 0.6 is 0 Å². The molecule has 5 rings (SSSR count). The van der Waals surface area contributed by atoms with Crippen LogP contribution in [0, 0.1) is 5.82 Å². The molecular formula is C35H41FO8. The fourth-order valence-corrected chi connectivity index (χ4v) is 4.42. The van der Waals surface area contributed by atoms with Crippen molar-refractivity contribution in [1.82, 2.24) is 0 Å². The van der Waals surface area contributed by atoms with Crippen molar-refractivity contribution in [1.29, 1.82) is 0 Å². The SMILES string of the molecule is CCCC(OCC1(C)CO1)Oc1ccc(-c2ccc(OC(=O)c3ccc(OC(CCC)OCC4(C)CO4)cc3F)cc2)cc1. The fourth-order valence-electron chi connectivity index (χ4n) is 4.42. The van der Waals surface area contributed by atoms with E-state index in [9.17, 15) is 9.18 Å². The first-order valence-corrected chi connectivity index (χ1v) is 15.2. The van der Waals surface area contributed by atoms with Gasteiger partial charge in [-0.15, -0.1) is 0 Å². The predicted molar refractivity (Wildman–Crippen MR) is 163 cm³/mol. The first kappa shape index (κ1) is 31.9. The number of hydrogen-bond donors (Lipinski definition) is 0. The second kappa shape index (κ2) is 14.1. The van der Waals surface area contributed by atoms with Gasteiger partial charge < -0.3 is 33.2 Å². The Hall–Kier alpha value is -3.50. The van der Waals surface area contributed by atoms with Crippen molar-refractivity contribution in [2.24, 2.45) is 0 Å². The van der Waals surface area contributed by atoms with E-state index in [0.29, 0.717) is 44.3 Å². The van der Waals surface area contributed by atoms with Crippen LogP contribution in [0.4, 0.5) is 4.39 Å². The van der Waals surface area contributed by atoms with Crippen molar-refractivity contribution >= 4 is 5.97 Å². The summed E-state index contributed by atoms with van der Waals surface area (Å²) >= 11 is 0. The quantitative estimate of drug-likeness (QED) is 0.0681. The number of esters is 1. The third kappa shape index (κ3) is 9.01. The number of ether oxygens (including phenoxy) is 7. The summed E-state index contributed by atoms with van der Waals surface area (Å²) < 4.78 is 54.8. The predicted octanol–water partition coefficient (Wildman–Crippen LogP) is 7.33. The van der Waals surface area contributed by atoms with Crippen LogP contribution in [0.15, 0.2) is 66.7 Å². The molecule has 2 aliphatic rings. The number of carbonyl (C=O) groups is 1. The van der Waals surface area contributed by atoms with Crippen molar-refractivity contribution in [3.63, 3.8) is 0 Å². The zero-order valence-electron chi connectivity index (χ0n) is 25.8. The van der Waals surface area contributed by atoms with Gasteiger partial charge in [0.05, 0.1) is 32.0 Å². The smallest absolute Gasteiger partial charge is 0.346 e. The lowest BCUT2D eigenvalue weighted by Gasteiger charge is -2.20. The van der Waals surface area contributed by atoms with Crippen LogP contribution in [-0.4, -0.2) is 56.2 Å². The summed E-state index contributed by atoms with van der Waals surface area (Å²) in [6.07, 6.45) is 2.32. The van der Waals surface area contributed by atoms with E-state index in [1.165, 1.54) is 18.2 Å². The standard InChI is InChI=1S/C35H41FO8/c1-5-7-31(38-20-34(3)22-40-34)42-26-13-9-24(10-14-26)25-11-15-27(16-12-25)44-33(37)29-18-17-28(19-30(29)36)43-32(8-6-2)39-21-35(4)23-41-35/h9-19,31-32H,5-8,20-23H2,1-4H3. The lowest BCUT2D eigenvalue weighted by Crippen LogP contribution is -2.26. The normalized spacial score (nSPS) is 21.8. The molecule has 0 radical (unpaired) electrons. The topological polar surface area (TPSA) is 88.3 Å². The van der Waals surface area contributed by atoms with Gasteiger partial charge in [0, 0.05) is 18.9 Å². The van der Waals surface area contributed by atoms with E-state index >= 15 is 0 Å². The van der Waals surface area contributed by atoms with Gasteiger partial charge in [-0.3, -0.25) is 0 Å². The minimum Gasteiger partial charge on any atom is -0.465 e. The molecule has 2 heterocycles. The molecule has 236 valence electrons. The monoisotopic (exact) mass is 608 g/mol. The Balaban J connectivity index is 1.14. The van der Waals surface area contributed by atoms with E-state index in [1.54, 1.807) is 12.1 Å². The summed E-state index contributed by atoms with van der Waals surface area (Å²) in [5, 5.41) is 0. The third-order valence-electron chi connectivity index (χ3n) is 7.42. The van der Waals surface area contributed by atoms with Gasteiger partial charge in [0.2, 0.25) is 0 Å². The lowest BCUT2D eigenvalue weighted by atomic mass is 10.1. The summed E-state index contributed by atoms with van der Waals surface area (Å²) in [5.41, 5.74) is 1.24. The molecule has 4 unspecified atom stereocenters. The van der Waals surface area contributed by atoms with Gasteiger partial charge >= 0.3 is 5.97 Å². The Morgan fingerprint density at radius 2 is 1.20 bits per heavy atom. The van der Waals surface area contributed by atoms with Crippen LogP contribution < -0.4 is 14.2 Å². The maximum atomic E-state index is 14.9. The number of halogens is 1. The van der Waals surface area contributed by atoms with E-state index in [4.69, 9.17) is 33.2 Å². The molecule has 0 spiro atoms. The van der Waals surface area contributed by atoms with Crippen LogP contribution in [-0.2, 0) is 18.9 Å². The molecule has 2 saturated heterocycles. The second-order valence-electron chi connectivity index (χ2n) is 11.9. The maximum Gasteiger partial charge on any atom is 0.346 e. The van der Waals surface area contributed by atoms with Crippen LogP contribution in [0.5, 0.6) is 17.2 Å². The van der Waals surface area contributed by atoms with E-state index in [0.717, 1.165) is 30.4 Å². The van der Waals surface area contributed by atoms with Crippen LogP contribution in [0.3, 0.4) is 0 Å². The van der Waals surface area contributed by atoms with Crippen LogP contribution in [0.2, 0.25) is 0 Å². The van der Waals surface area contributed by atoms with Gasteiger partial charge in [-0.1, -0.05) is 51.0 Å². The van der Waals surface area contributed by atoms with E-state index < -0.39 is 18.1 Å². The summed E-state index contributed by atoms with van der Waals surface area (Å²) in [6.45, 7) is 10.4. The zero-order chi connectivity index (χ0) is 31.2. The molecule has 2 fully saturated rings. The highest BCUT2D eigenvalue weighted by atomic mass is 19.1. The molecule has 9 heteroatoms. The third-order valence-corrected chi connectivity index (χ3v) is 7.42. The molecule has 0 saturated carbocycles. The summed E-state index contributed by atoms with van der Waals surface area (Å²) in [7, 11) is 0. The Labute approximate surface area is 258 Å². The molecule has 0 amide bonds. The van der Waals surface area contributed by atoms with Gasteiger partial charge in [0.15, 0.2) is 12.6 Å². The van der Waals surface area contributed by atoms with Crippen molar-refractivity contribution in [3.05, 3.63) is 78.1 Å². The highest BCUT2D eigenvalue weighted by Crippen LogP contribution is 2.30. The second-order valence-corrected chi connectivity index (χ2v) is 11.9. The zero-order valence-corrected chi connectivity index (χ0v) is 25.8. The molecule has 44 heavy (non-hydrogen) atoms. The highest BCUT2D eigenvalue weighted by molar-refractivity contribution is 5.91. The maximum absolute atomic E-state index is 14.9.